The van der Waals surface area contributed by atoms with Crippen molar-refractivity contribution in [1.82, 2.24) is 4.90 Å². The largest absolute Gasteiger partial charge is 0.492 e. The standard InChI is InChI=1S/C22H35NO6/c1-5-27-20(21(24)25)16-18-9-11-19(12-10-18)29-15-14-23(22(26)28-6-2)13-7-8-17(3)4/h9-12,17,20H,5-8,13-16H2,1-4H3,(H,24,25). The number of ether oxygens (including phenoxy) is 3. The second-order valence-electron chi connectivity index (χ2n) is 7.20. The van der Waals surface area contributed by atoms with Crippen LogP contribution in [-0.2, 0) is 20.7 Å². The Morgan fingerprint density at radius 2 is 1.76 bits per heavy atom. The van der Waals surface area contributed by atoms with Gasteiger partial charge in [0.2, 0.25) is 0 Å². The molecule has 164 valence electrons. The summed E-state index contributed by atoms with van der Waals surface area (Å²) in [5, 5.41) is 9.17. The Hall–Kier alpha value is -2.28. The van der Waals surface area contributed by atoms with Crippen LogP contribution in [0.15, 0.2) is 24.3 Å². The molecule has 0 aliphatic carbocycles. The van der Waals surface area contributed by atoms with E-state index < -0.39 is 12.1 Å². The van der Waals surface area contributed by atoms with E-state index in [4.69, 9.17) is 14.2 Å². The summed E-state index contributed by atoms with van der Waals surface area (Å²) in [7, 11) is 0. The lowest BCUT2D eigenvalue weighted by molar-refractivity contribution is -0.149. The van der Waals surface area contributed by atoms with Crippen molar-refractivity contribution in [2.24, 2.45) is 5.92 Å². The molecule has 0 aliphatic heterocycles. The molecule has 0 spiro atoms. The van der Waals surface area contributed by atoms with E-state index >= 15 is 0 Å². The first-order valence-corrected chi connectivity index (χ1v) is 10.3. The molecular formula is C22H35NO6. The zero-order valence-corrected chi connectivity index (χ0v) is 18.1. The van der Waals surface area contributed by atoms with Gasteiger partial charge in [-0.25, -0.2) is 9.59 Å². The van der Waals surface area contributed by atoms with Gasteiger partial charge in [-0.2, -0.15) is 0 Å². The van der Waals surface area contributed by atoms with E-state index in [-0.39, 0.29) is 6.09 Å². The fourth-order valence-corrected chi connectivity index (χ4v) is 2.83. The Bertz CT molecular complexity index is 602. The molecule has 1 aromatic rings. The molecule has 1 N–H and O–H groups in total. The zero-order chi connectivity index (χ0) is 21.6. The topological polar surface area (TPSA) is 85.3 Å². The minimum Gasteiger partial charge on any atom is -0.492 e. The molecule has 0 bridgehead atoms. The van der Waals surface area contributed by atoms with E-state index in [9.17, 15) is 14.7 Å². The van der Waals surface area contributed by atoms with Crippen LogP contribution in [0.3, 0.4) is 0 Å². The molecule has 0 saturated heterocycles. The number of rotatable bonds is 14. The highest BCUT2D eigenvalue weighted by Crippen LogP contribution is 2.15. The molecule has 1 aromatic carbocycles. The quantitative estimate of drug-likeness (QED) is 0.500. The van der Waals surface area contributed by atoms with Crippen molar-refractivity contribution in [2.75, 3.05) is 32.9 Å². The number of amides is 1. The maximum absolute atomic E-state index is 12.1. The van der Waals surface area contributed by atoms with Crippen LogP contribution in [0.1, 0.15) is 46.1 Å². The maximum atomic E-state index is 12.1. The number of nitrogens with zero attached hydrogens (tertiary/aromatic N) is 1. The monoisotopic (exact) mass is 409 g/mol. The molecule has 1 atom stereocenters. The SMILES string of the molecule is CCOC(=O)N(CCCC(C)C)CCOc1ccc(CC(OCC)C(=O)O)cc1. The minimum atomic E-state index is -0.969. The maximum Gasteiger partial charge on any atom is 0.409 e. The first-order chi connectivity index (χ1) is 13.9. The van der Waals surface area contributed by atoms with Crippen molar-refractivity contribution < 1.29 is 28.9 Å². The first-order valence-electron chi connectivity index (χ1n) is 10.3. The number of hydrogen-bond donors (Lipinski definition) is 1. The van der Waals surface area contributed by atoms with Gasteiger partial charge in [-0.3, -0.25) is 0 Å². The summed E-state index contributed by atoms with van der Waals surface area (Å²) in [6.45, 7) is 10.0. The predicted molar refractivity (Wildman–Crippen MR) is 111 cm³/mol. The van der Waals surface area contributed by atoms with Gasteiger partial charge in [0.15, 0.2) is 6.10 Å². The van der Waals surface area contributed by atoms with Crippen LogP contribution in [0.4, 0.5) is 4.79 Å². The van der Waals surface area contributed by atoms with Crippen molar-refractivity contribution in [1.29, 1.82) is 0 Å². The van der Waals surface area contributed by atoms with Crippen molar-refractivity contribution in [2.45, 2.75) is 53.1 Å². The van der Waals surface area contributed by atoms with Crippen LogP contribution >= 0.6 is 0 Å². The second kappa shape index (κ2) is 13.8. The molecule has 1 unspecified atom stereocenters. The number of carbonyl (C=O) groups is 2. The van der Waals surface area contributed by atoms with Gasteiger partial charge in [0.25, 0.3) is 0 Å². The van der Waals surface area contributed by atoms with Crippen LogP contribution in [-0.4, -0.2) is 61.1 Å². The Balaban J connectivity index is 2.52. The normalized spacial score (nSPS) is 11.9. The van der Waals surface area contributed by atoms with Crippen LogP contribution in [0.25, 0.3) is 0 Å². The lowest BCUT2D eigenvalue weighted by Crippen LogP contribution is -2.36. The van der Waals surface area contributed by atoms with E-state index in [0.29, 0.717) is 51.0 Å². The summed E-state index contributed by atoms with van der Waals surface area (Å²) >= 11 is 0. The van der Waals surface area contributed by atoms with E-state index in [2.05, 4.69) is 13.8 Å². The molecule has 7 heteroatoms. The zero-order valence-electron chi connectivity index (χ0n) is 18.1. The van der Waals surface area contributed by atoms with Crippen molar-refractivity contribution in [3.8, 4) is 5.75 Å². The van der Waals surface area contributed by atoms with E-state index in [1.165, 1.54) is 0 Å². The van der Waals surface area contributed by atoms with Gasteiger partial charge in [0, 0.05) is 19.6 Å². The Morgan fingerprint density at radius 3 is 2.31 bits per heavy atom. The summed E-state index contributed by atoms with van der Waals surface area (Å²) in [4.78, 5) is 25.0. The van der Waals surface area contributed by atoms with Crippen molar-refractivity contribution in [3.05, 3.63) is 29.8 Å². The lowest BCUT2D eigenvalue weighted by atomic mass is 10.1. The van der Waals surface area contributed by atoms with Crippen LogP contribution < -0.4 is 4.74 Å². The third kappa shape index (κ3) is 10.2. The highest BCUT2D eigenvalue weighted by molar-refractivity contribution is 5.72. The van der Waals surface area contributed by atoms with Crippen molar-refractivity contribution in [3.63, 3.8) is 0 Å². The Labute approximate surface area is 173 Å². The van der Waals surface area contributed by atoms with Crippen LogP contribution in [0, 0.1) is 5.92 Å². The molecule has 0 radical (unpaired) electrons. The highest BCUT2D eigenvalue weighted by Gasteiger charge is 2.18. The first kappa shape index (κ1) is 24.8. The summed E-state index contributed by atoms with van der Waals surface area (Å²) in [5.74, 6) is 0.295. The molecule has 0 heterocycles. The minimum absolute atomic E-state index is 0.302. The molecule has 0 aromatic heterocycles. The lowest BCUT2D eigenvalue weighted by Gasteiger charge is -2.22. The summed E-state index contributed by atoms with van der Waals surface area (Å²) < 4.78 is 16.1. The fourth-order valence-electron chi connectivity index (χ4n) is 2.83. The average molecular weight is 410 g/mol. The molecule has 1 rings (SSSR count). The van der Waals surface area contributed by atoms with Crippen LogP contribution in [0.2, 0.25) is 0 Å². The van der Waals surface area contributed by atoms with E-state index in [0.717, 1.165) is 18.4 Å². The average Bonchev–Trinajstić information content (AvgIpc) is 2.67. The van der Waals surface area contributed by atoms with E-state index in [1.807, 2.05) is 12.1 Å². The summed E-state index contributed by atoms with van der Waals surface area (Å²) in [6, 6.07) is 7.26. The molecule has 7 nitrogen and oxygen atoms in total. The van der Waals surface area contributed by atoms with Gasteiger partial charge in [0.05, 0.1) is 13.2 Å². The van der Waals surface area contributed by atoms with E-state index in [1.54, 1.807) is 30.9 Å². The molecular weight excluding hydrogens is 374 g/mol. The summed E-state index contributed by atoms with van der Waals surface area (Å²) in [5.41, 5.74) is 0.861. The highest BCUT2D eigenvalue weighted by atomic mass is 16.6. The van der Waals surface area contributed by atoms with Gasteiger partial charge in [-0.05, 0) is 50.3 Å². The smallest absolute Gasteiger partial charge is 0.409 e. The molecule has 0 saturated carbocycles. The van der Waals surface area contributed by atoms with Gasteiger partial charge in [-0.1, -0.05) is 26.0 Å². The number of benzene rings is 1. The third-order valence-electron chi connectivity index (χ3n) is 4.35. The second-order valence-corrected chi connectivity index (χ2v) is 7.20. The summed E-state index contributed by atoms with van der Waals surface area (Å²) in [6.07, 6.45) is 1.12. The van der Waals surface area contributed by atoms with Crippen molar-refractivity contribution >= 4 is 12.1 Å². The molecule has 1 amide bonds. The number of carbonyl (C=O) groups excluding carboxylic acids is 1. The number of hydrogen-bond acceptors (Lipinski definition) is 5. The van der Waals surface area contributed by atoms with Gasteiger partial charge in [-0.15, -0.1) is 0 Å². The number of carboxylic acids is 1. The third-order valence-corrected chi connectivity index (χ3v) is 4.35. The van der Waals surface area contributed by atoms with Gasteiger partial charge in [0.1, 0.15) is 12.4 Å². The Kier molecular flexibility index (Phi) is 11.8. The number of carboxylic acid groups (broad SMARTS) is 1. The number of aliphatic carboxylic acids is 1. The van der Waals surface area contributed by atoms with Gasteiger partial charge < -0.3 is 24.2 Å². The molecule has 29 heavy (non-hydrogen) atoms. The fraction of sp³-hybridized carbons (Fsp3) is 0.636. The van der Waals surface area contributed by atoms with Gasteiger partial charge >= 0.3 is 12.1 Å². The molecule has 0 aliphatic rings. The predicted octanol–water partition coefficient (Wildman–Crippen LogP) is 3.99. The van der Waals surface area contributed by atoms with Crippen LogP contribution in [0.5, 0.6) is 5.75 Å². The Morgan fingerprint density at radius 1 is 1.07 bits per heavy atom. The molecule has 0 fully saturated rings.